The second kappa shape index (κ2) is 9.79. The lowest BCUT2D eigenvalue weighted by Crippen LogP contribution is -2.02. The van der Waals surface area contributed by atoms with Crippen LogP contribution in [-0.4, -0.2) is 19.1 Å². The van der Waals surface area contributed by atoms with Gasteiger partial charge < -0.3 is 9.13 Å². The summed E-state index contributed by atoms with van der Waals surface area (Å²) < 4.78 is 4.80. The van der Waals surface area contributed by atoms with Crippen molar-refractivity contribution >= 4 is 43.6 Å². The zero-order valence-corrected chi connectivity index (χ0v) is 23.8. The number of nitrogens with zero attached hydrogens (tertiary/aromatic N) is 4. The number of hydrogen-bond donors (Lipinski definition) is 0. The van der Waals surface area contributed by atoms with Crippen LogP contribution in [0.3, 0.4) is 0 Å². The predicted octanol–water partition coefficient (Wildman–Crippen LogP) is 10.0. The van der Waals surface area contributed by atoms with Crippen LogP contribution in [0.2, 0.25) is 0 Å². The highest BCUT2D eigenvalue weighted by Gasteiger charge is 2.25. The summed E-state index contributed by atoms with van der Waals surface area (Å²) >= 11 is 0. The van der Waals surface area contributed by atoms with Gasteiger partial charge in [-0.3, -0.25) is 0 Å². The highest BCUT2D eigenvalue weighted by molar-refractivity contribution is 6.26. The van der Waals surface area contributed by atoms with Crippen molar-refractivity contribution in [1.29, 1.82) is 0 Å². The first kappa shape index (κ1) is 24.6. The topological polar surface area (TPSA) is 35.6 Å². The zero-order valence-electron chi connectivity index (χ0n) is 23.8. The normalized spacial score (nSPS) is 11.6. The number of hydrogen-bond acceptors (Lipinski definition) is 2. The van der Waals surface area contributed by atoms with Crippen LogP contribution < -0.4 is 0 Å². The van der Waals surface area contributed by atoms with Gasteiger partial charge in [-0.2, -0.15) is 0 Å². The molecule has 0 spiro atoms. The van der Waals surface area contributed by atoms with Crippen LogP contribution in [-0.2, 0) is 0 Å². The second-order valence-corrected chi connectivity index (χ2v) is 11.1. The van der Waals surface area contributed by atoms with E-state index in [0.717, 1.165) is 39.2 Å². The summed E-state index contributed by atoms with van der Waals surface area (Å²) in [5.74, 6) is 0.707. The van der Waals surface area contributed by atoms with Crippen molar-refractivity contribution in [3.05, 3.63) is 158 Å². The van der Waals surface area contributed by atoms with Crippen LogP contribution in [0.15, 0.2) is 158 Å². The lowest BCUT2D eigenvalue weighted by atomic mass is 10.1. The average molecular weight is 563 g/mol. The molecule has 4 heteroatoms. The summed E-state index contributed by atoms with van der Waals surface area (Å²) in [6.45, 7) is 0. The Morgan fingerprint density at radius 3 is 1.86 bits per heavy atom. The summed E-state index contributed by atoms with van der Waals surface area (Å²) in [6, 6.07) is 53.2. The smallest absolute Gasteiger partial charge is 0.159 e. The monoisotopic (exact) mass is 562 g/mol. The molecule has 0 radical (unpaired) electrons. The first-order valence-electron chi connectivity index (χ1n) is 14.9. The van der Waals surface area contributed by atoms with E-state index in [-0.39, 0.29) is 0 Å². The summed E-state index contributed by atoms with van der Waals surface area (Å²) in [7, 11) is 0. The minimum atomic E-state index is 0.707. The molecule has 0 aliphatic rings. The van der Waals surface area contributed by atoms with Gasteiger partial charge in [-0.05, 0) is 35.0 Å². The number of para-hydroxylation sites is 2. The van der Waals surface area contributed by atoms with Crippen molar-refractivity contribution in [3.8, 4) is 34.0 Å². The first-order chi connectivity index (χ1) is 21.9. The molecule has 44 heavy (non-hydrogen) atoms. The standard InChI is InChI=1S/C40H26N4/c1-4-15-28(16-5-1)37-35(26-41-40(42-37)29-17-6-2-7-18-29)44-33-23-13-12-22-32(33)38-39(44)36-31-21-11-10-14-27(31)24-25-34(36)43(38)30-19-8-3-9-20-30/h1-26H. The van der Waals surface area contributed by atoms with E-state index in [1.54, 1.807) is 0 Å². The summed E-state index contributed by atoms with van der Waals surface area (Å²) in [5.41, 5.74) is 9.61. The van der Waals surface area contributed by atoms with Gasteiger partial charge in [0.2, 0.25) is 0 Å². The van der Waals surface area contributed by atoms with Crippen LogP contribution in [0.5, 0.6) is 0 Å². The second-order valence-electron chi connectivity index (χ2n) is 11.1. The van der Waals surface area contributed by atoms with Crippen LogP contribution in [0.4, 0.5) is 0 Å². The fraction of sp³-hybridized carbons (Fsp3) is 0. The largest absolute Gasteiger partial charge is 0.307 e. The molecule has 4 nitrogen and oxygen atoms in total. The molecule has 0 bridgehead atoms. The van der Waals surface area contributed by atoms with Crippen molar-refractivity contribution < 1.29 is 0 Å². The molecule has 0 fully saturated rings. The molecular formula is C40H26N4. The molecule has 0 N–H and O–H groups in total. The van der Waals surface area contributed by atoms with E-state index in [9.17, 15) is 0 Å². The number of fused-ring (bicyclic) bond motifs is 7. The Morgan fingerprint density at radius 2 is 1.09 bits per heavy atom. The van der Waals surface area contributed by atoms with Gasteiger partial charge in [-0.1, -0.05) is 127 Å². The van der Waals surface area contributed by atoms with E-state index in [1.165, 1.54) is 32.6 Å². The van der Waals surface area contributed by atoms with E-state index in [0.29, 0.717) is 5.82 Å². The molecule has 6 aromatic carbocycles. The van der Waals surface area contributed by atoms with E-state index >= 15 is 0 Å². The van der Waals surface area contributed by atoms with Crippen LogP contribution >= 0.6 is 0 Å². The molecule has 0 atom stereocenters. The van der Waals surface area contributed by atoms with E-state index in [2.05, 4.69) is 137 Å². The molecule has 0 saturated carbocycles. The molecule has 0 aliphatic carbocycles. The van der Waals surface area contributed by atoms with Crippen molar-refractivity contribution in [2.45, 2.75) is 0 Å². The Kier molecular flexibility index (Phi) is 5.47. The molecule has 3 heterocycles. The summed E-state index contributed by atoms with van der Waals surface area (Å²) in [4.78, 5) is 10.2. The Hall–Kier alpha value is -6.00. The minimum Gasteiger partial charge on any atom is -0.307 e. The Labute approximate surface area is 254 Å². The molecule has 0 saturated heterocycles. The zero-order chi connectivity index (χ0) is 29.0. The number of benzene rings is 6. The van der Waals surface area contributed by atoms with Gasteiger partial charge in [0.05, 0.1) is 39.6 Å². The maximum atomic E-state index is 5.25. The van der Waals surface area contributed by atoms with E-state index < -0.39 is 0 Å². The molecule has 0 amide bonds. The third kappa shape index (κ3) is 3.64. The van der Waals surface area contributed by atoms with Gasteiger partial charge in [-0.15, -0.1) is 0 Å². The summed E-state index contributed by atoms with van der Waals surface area (Å²) in [5, 5.41) is 4.82. The third-order valence-corrected chi connectivity index (χ3v) is 8.56. The lowest BCUT2D eigenvalue weighted by Gasteiger charge is -2.14. The molecule has 9 aromatic rings. The summed E-state index contributed by atoms with van der Waals surface area (Å²) in [6.07, 6.45) is 2.00. The first-order valence-corrected chi connectivity index (χ1v) is 14.9. The Bertz CT molecular complexity index is 2470. The highest BCUT2D eigenvalue weighted by atomic mass is 15.1. The fourth-order valence-corrected chi connectivity index (χ4v) is 6.66. The lowest BCUT2D eigenvalue weighted by molar-refractivity contribution is 1.09. The highest BCUT2D eigenvalue weighted by Crippen LogP contribution is 2.44. The van der Waals surface area contributed by atoms with Crippen molar-refractivity contribution in [3.63, 3.8) is 0 Å². The van der Waals surface area contributed by atoms with Gasteiger partial charge in [-0.25, -0.2) is 9.97 Å². The van der Waals surface area contributed by atoms with E-state index in [1.807, 2.05) is 30.5 Å². The van der Waals surface area contributed by atoms with Gasteiger partial charge in [0.15, 0.2) is 5.82 Å². The van der Waals surface area contributed by atoms with Crippen LogP contribution in [0.1, 0.15) is 0 Å². The molecule has 0 aliphatic heterocycles. The Morgan fingerprint density at radius 1 is 0.455 bits per heavy atom. The van der Waals surface area contributed by atoms with Crippen molar-refractivity contribution in [2.24, 2.45) is 0 Å². The van der Waals surface area contributed by atoms with Gasteiger partial charge in [0, 0.05) is 27.6 Å². The molecule has 0 unspecified atom stereocenters. The van der Waals surface area contributed by atoms with Crippen molar-refractivity contribution in [2.75, 3.05) is 0 Å². The molecule has 9 rings (SSSR count). The van der Waals surface area contributed by atoms with Crippen LogP contribution in [0.25, 0.3) is 77.6 Å². The van der Waals surface area contributed by atoms with Gasteiger partial charge in [0.1, 0.15) is 0 Å². The maximum absolute atomic E-state index is 5.25. The van der Waals surface area contributed by atoms with Crippen molar-refractivity contribution in [1.82, 2.24) is 19.1 Å². The predicted molar refractivity (Wildman–Crippen MR) is 182 cm³/mol. The Balaban J connectivity index is 1.49. The third-order valence-electron chi connectivity index (χ3n) is 8.56. The van der Waals surface area contributed by atoms with Crippen LogP contribution in [0, 0.1) is 0 Å². The molecular weight excluding hydrogens is 536 g/mol. The SMILES string of the molecule is c1ccc(-c2ncc(-n3c4ccccc4c4c3c3c5ccccc5ccc3n4-c3ccccc3)c(-c3ccccc3)n2)cc1. The van der Waals surface area contributed by atoms with E-state index in [4.69, 9.17) is 9.97 Å². The maximum Gasteiger partial charge on any atom is 0.159 e. The number of rotatable bonds is 4. The fourth-order valence-electron chi connectivity index (χ4n) is 6.66. The minimum absolute atomic E-state index is 0.707. The number of aromatic nitrogens is 4. The van der Waals surface area contributed by atoms with Gasteiger partial charge in [0.25, 0.3) is 0 Å². The van der Waals surface area contributed by atoms with Gasteiger partial charge >= 0.3 is 0 Å². The molecule has 3 aromatic heterocycles. The quantitative estimate of drug-likeness (QED) is 0.214. The molecule has 206 valence electrons. The average Bonchev–Trinajstić information content (AvgIpc) is 3.62.